The van der Waals surface area contributed by atoms with Crippen molar-refractivity contribution in [2.24, 2.45) is 0 Å². The van der Waals surface area contributed by atoms with Crippen LogP contribution >= 0.6 is 0 Å². The molecule has 0 saturated heterocycles. The van der Waals surface area contributed by atoms with Crippen molar-refractivity contribution in [1.82, 2.24) is 5.32 Å². The summed E-state index contributed by atoms with van der Waals surface area (Å²) < 4.78 is 35.9. The molecular weight excluding hydrogens is 155 g/mol. The lowest BCUT2D eigenvalue weighted by Gasteiger charge is -2.15. The molecule has 1 rings (SSSR count). The van der Waals surface area contributed by atoms with E-state index in [4.69, 9.17) is 0 Å². The zero-order valence-corrected chi connectivity index (χ0v) is 6.00. The van der Waals surface area contributed by atoms with Crippen LogP contribution in [0.5, 0.6) is 0 Å². The molecule has 0 aliphatic carbocycles. The van der Waals surface area contributed by atoms with E-state index >= 15 is 0 Å². The molecule has 0 amide bonds. The molecule has 1 heterocycles. The number of halogens is 3. The van der Waals surface area contributed by atoms with Gasteiger partial charge >= 0.3 is 6.18 Å². The Kier molecular flexibility index (Phi) is 1.93. The molecule has 0 atom stereocenters. The number of hydrogen-bond acceptors (Lipinski definition) is 1. The number of hydrogen-bond donors (Lipinski definition) is 1. The van der Waals surface area contributed by atoms with Gasteiger partial charge in [0.15, 0.2) is 0 Å². The normalized spacial score (nSPS) is 18.5. The topological polar surface area (TPSA) is 12.0 Å². The van der Waals surface area contributed by atoms with Gasteiger partial charge in [0.05, 0.1) is 5.57 Å². The summed E-state index contributed by atoms with van der Waals surface area (Å²) in [4.78, 5) is 0. The number of dihydropyridines is 1. The summed E-state index contributed by atoms with van der Waals surface area (Å²) >= 11 is 0. The van der Waals surface area contributed by atoms with Crippen molar-refractivity contribution in [2.75, 3.05) is 6.54 Å². The van der Waals surface area contributed by atoms with Crippen molar-refractivity contribution < 1.29 is 13.2 Å². The van der Waals surface area contributed by atoms with Gasteiger partial charge in [-0.2, -0.15) is 13.2 Å². The zero-order valence-electron chi connectivity index (χ0n) is 6.00. The maximum absolute atomic E-state index is 12.0. The summed E-state index contributed by atoms with van der Waals surface area (Å²) in [6.45, 7) is 1.50. The lowest BCUT2D eigenvalue weighted by atomic mass is 10.1. The van der Waals surface area contributed by atoms with Gasteiger partial charge in [-0.3, -0.25) is 0 Å². The van der Waals surface area contributed by atoms with Gasteiger partial charge in [-0.1, -0.05) is 0 Å². The first-order chi connectivity index (χ1) is 5.00. The Balaban J connectivity index is 2.82. The van der Waals surface area contributed by atoms with Crippen LogP contribution < -0.4 is 5.32 Å². The van der Waals surface area contributed by atoms with Crippen LogP contribution in [0, 0.1) is 0 Å². The van der Waals surface area contributed by atoms with Crippen LogP contribution in [-0.4, -0.2) is 12.7 Å². The highest BCUT2D eigenvalue weighted by Gasteiger charge is 2.33. The molecule has 0 aromatic rings. The van der Waals surface area contributed by atoms with Gasteiger partial charge in [0.2, 0.25) is 0 Å². The number of rotatable bonds is 0. The molecule has 1 aliphatic rings. The van der Waals surface area contributed by atoms with Crippen LogP contribution in [0.15, 0.2) is 23.4 Å². The van der Waals surface area contributed by atoms with Gasteiger partial charge in [0.25, 0.3) is 0 Å². The van der Waals surface area contributed by atoms with E-state index in [1.807, 2.05) is 0 Å². The molecule has 1 aliphatic heterocycles. The van der Waals surface area contributed by atoms with E-state index in [2.05, 4.69) is 5.32 Å². The van der Waals surface area contributed by atoms with E-state index in [0.29, 0.717) is 5.57 Å². The first kappa shape index (κ1) is 8.17. The second kappa shape index (κ2) is 2.60. The van der Waals surface area contributed by atoms with Crippen molar-refractivity contribution in [3.63, 3.8) is 0 Å². The van der Waals surface area contributed by atoms with Crippen molar-refractivity contribution in [3.05, 3.63) is 23.4 Å². The Bertz CT molecular complexity index is 212. The number of nitrogens with one attached hydrogen (secondary N) is 1. The lowest BCUT2D eigenvalue weighted by molar-refractivity contribution is -0.0929. The fraction of sp³-hybridized carbons (Fsp3) is 0.429. The fourth-order valence-electron chi connectivity index (χ4n) is 0.872. The van der Waals surface area contributed by atoms with Gasteiger partial charge in [-0.15, -0.1) is 0 Å². The molecule has 0 aromatic carbocycles. The van der Waals surface area contributed by atoms with Crippen molar-refractivity contribution >= 4 is 0 Å². The highest BCUT2D eigenvalue weighted by Crippen LogP contribution is 2.27. The van der Waals surface area contributed by atoms with E-state index in [-0.39, 0.29) is 6.54 Å². The molecular formula is C7H8F3N. The molecule has 0 fully saturated rings. The minimum Gasteiger partial charge on any atom is -0.387 e. The molecule has 1 N–H and O–H groups in total. The summed E-state index contributed by atoms with van der Waals surface area (Å²) in [7, 11) is 0. The van der Waals surface area contributed by atoms with Gasteiger partial charge in [-0.25, -0.2) is 0 Å². The molecule has 0 spiro atoms. The highest BCUT2D eigenvalue weighted by atomic mass is 19.4. The van der Waals surface area contributed by atoms with E-state index < -0.39 is 11.7 Å². The number of allylic oxidation sites excluding steroid dienone is 2. The van der Waals surface area contributed by atoms with Gasteiger partial charge in [0.1, 0.15) is 0 Å². The van der Waals surface area contributed by atoms with E-state index in [0.717, 1.165) is 6.08 Å². The second-order valence-electron chi connectivity index (χ2n) is 2.44. The molecule has 11 heavy (non-hydrogen) atoms. The predicted molar refractivity (Wildman–Crippen MR) is 35.9 cm³/mol. The molecule has 0 unspecified atom stereocenters. The van der Waals surface area contributed by atoms with Gasteiger partial charge in [0, 0.05) is 6.54 Å². The Morgan fingerprint density at radius 2 is 2.09 bits per heavy atom. The summed E-state index contributed by atoms with van der Waals surface area (Å²) in [5.74, 6) is 0. The molecule has 62 valence electrons. The lowest BCUT2D eigenvalue weighted by Crippen LogP contribution is -2.24. The van der Waals surface area contributed by atoms with Crippen molar-refractivity contribution in [3.8, 4) is 0 Å². The summed E-state index contributed by atoms with van der Waals surface area (Å²) in [6.07, 6.45) is -1.48. The number of alkyl halides is 3. The van der Waals surface area contributed by atoms with Crippen LogP contribution in [0.4, 0.5) is 13.2 Å². The Morgan fingerprint density at radius 1 is 1.45 bits per heavy atom. The Morgan fingerprint density at radius 3 is 2.45 bits per heavy atom. The summed E-state index contributed by atoms with van der Waals surface area (Å²) in [5, 5.41) is 2.54. The average Bonchev–Trinajstić information content (AvgIpc) is 1.86. The van der Waals surface area contributed by atoms with Crippen molar-refractivity contribution in [2.45, 2.75) is 13.1 Å². The van der Waals surface area contributed by atoms with E-state index in [1.54, 1.807) is 13.1 Å². The van der Waals surface area contributed by atoms with Crippen LogP contribution in [0.3, 0.4) is 0 Å². The van der Waals surface area contributed by atoms with Crippen LogP contribution in [0.1, 0.15) is 6.92 Å². The standard InChI is InChI=1S/C7H8F3N/c1-5-2-6(4-11-3-5)7(8,9)10/h2-3,11H,4H2,1H3. The smallest absolute Gasteiger partial charge is 0.387 e. The van der Waals surface area contributed by atoms with Crippen LogP contribution in [0.2, 0.25) is 0 Å². The third-order valence-electron chi connectivity index (χ3n) is 1.39. The first-order valence-electron chi connectivity index (χ1n) is 3.18. The SMILES string of the molecule is CC1=CNCC(C(F)(F)F)=C1. The Labute approximate surface area is 62.6 Å². The predicted octanol–water partition coefficient (Wildman–Crippen LogP) is 1.98. The van der Waals surface area contributed by atoms with Gasteiger partial charge in [-0.05, 0) is 24.8 Å². The summed E-state index contributed by atoms with van der Waals surface area (Å²) in [6, 6.07) is 0. The molecule has 0 aromatic heterocycles. The first-order valence-corrected chi connectivity index (χ1v) is 3.18. The molecule has 4 heteroatoms. The fourth-order valence-corrected chi connectivity index (χ4v) is 0.872. The third-order valence-corrected chi connectivity index (χ3v) is 1.39. The van der Waals surface area contributed by atoms with Crippen LogP contribution in [0.25, 0.3) is 0 Å². The second-order valence-corrected chi connectivity index (χ2v) is 2.44. The highest BCUT2D eigenvalue weighted by molar-refractivity contribution is 5.28. The zero-order chi connectivity index (χ0) is 8.48. The minimum absolute atomic E-state index is 0.124. The molecule has 0 saturated carbocycles. The monoisotopic (exact) mass is 163 g/mol. The van der Waals surface area contributed by atoms with E-state index in [9.17, 15) is 13.2 Å². The largest absolute Gasteiger partial charge is 0.414 e. The van der Waals surface area contributed by atoms with Crippen LogP contribution in [-0.2, 0) is 0 Å². The quantitative estimate of drug-likeness (QED) is 0.575. The summed E-state index contributed by atoms with van der Waals surface area (Å²) in [5.41, 5.74) is 0.0843. The average molecular weight is 163 g/mol. The van der Waals surface area contributed by atoms with Gasteiger partial charge < -0.3 is 5.32 Å². The van der Waals surface area contributed by atoms with E-state index in [1.165, 1.54) is 0 Å². The molecule has 0 radical (unpaired) electrons. The Hall–Kier alpha value is -0.930. The minimum atomic E-state index is -4.19. The molecule has 0 bridgehead atoms. The van der Waals surface area contributed by atoms with Crippen molar-refractivity contribution in [1.29, 1.82) is 0 Å². The maximum atomic E-state index is 12.0. The third kappa shape index (κ3) is 2.00. The maximum Gasteiger partial charge on any atom is 0.414 e. The molecule has 1 nitrogen and oxygen atoms in total.